The molecule has 0 spiro atoms. The second-order valence-electron chi connectivity index (χ2n) is 4.79. The van der Waals surface area contributed by atoms with Gasteiger partial charge in [-0.3, -0.25) is 4.79 Å². The fraction of sp³-hybridized carbons (Fsp3) is 0.500. The number of benzene rings is 1. The van der Waals surface area contributed by atoms with E-state index in [2.05, 4.69) is 11.9 Å². The zero-order chi connectivity index (χ0) is 13.8. The van der Waals surface area contributed by atoms with Crippen LogP contribution in [0.5, 0.6) is 0 Å². The molecule has 1 fully saturated rings. The molecule has 1 aliphatic heterocycles. The quantitative estimate of drug-likeness (QED) is 0.803. The lowest BCUT2D eigenvalue weighted by atomic mass is 9.97. The van der Waals surface area contributed by atoms with Crippen molar-refractivity contribution in [2.24, 2.45) is 5.92 Å². The number of nitrogens with zero attached hydrogens (tertiary/aromatic N) is 1. The number of hydrogen-bond acceptors (Lipinski definition) is 4. The van der Waals surface area contributed by atoms with Gasteiger partial charge in [-0.25, -0.2) is 0 Å². The molecule has 1 aliphatic rings. The summed E-state index contributed by atoms with van der Waals surface area (Å²) >= 11 is 7.62. The Bertz CT molecular complexity index is 438. The van der Waals surface area contributed by atoms with Crippen LogP contribution in [-0.4, -0.2) is 43.4 Å². The first kappa shape index (κ1) is 14.7. The Morgan fingerprint density at radius 3 is 2.74 bits per heavy atom. The van der Waals surface area contributed by atoms with E-state index in [0.717, 1.165) is 29.4 Å². The molecule has 19 heavy (non-hydrogen) atoms. The molecule has 1 aromatic rings. The number of esters is 1. The Balaban J connectivity index is 2.09. The number of piperidine rings is 1. The van der Waals surface area contributed by atoms with E-state index in [1.165, 1.54) is 7.11 Å². The van der Waals surface area contributed by atoms with Crippen LogP contribution in [0.4, 0.5) is 0 Å². The molecule has 0 aromatic heterocycles. The van der Waals surface area contributed by atoms with Gasteiger partial charge >= 0.3 is 5.97 Å². The number of halogens is 1. The number of rotatable bonds is 3. The number of carbonyl (C=O) groups excluding carboxylic acids is 1. The number of carbonyl (C=O) groups is 1. The molecule has 1 heterocycles. The second kappa shape index (κ2) is 6.64. The summed E-state index contributed by atoms with van der Waals surface area (Å²) in [4.78, 5) is 15.2. The Hall–Kier alpha value is -0.710. The molecule has 0 bridgehead atoms. The largest absolute Gasteiger partial charge is 0.469 e. The van der Waals surface area contributed by atoms with E-state index in [0.29, 0.717) is 0 Å². The van der Waals surface area contributed by atoms with Gasteiger partial charge in [-0.15, -0.1) is 11.8 Å². The molecule has 0 aliphatic carbocycles. The van der Waals surface area contributed by atoms with Gasteiger partial charge in [-0.1, -0.05) is 11.6 Å². The van der Waals surface area contributed by atoms with Crippen molar-refractivity contribution in [3.8, 4) is 0 Å². The summed E-state index contributed by atoms with van der Waals surface area (Å²) in [6.07, 6.45) is 0.856. The fourth-order valence-corrected chi connectivity index (χ4v) is 3.81. The van der Waals surface area contributed by atoms with Gasteiger partial charge in [0.15, 0.2) is 0 Å². The summed E-state index contributed by atoms with van der Waals surface area (Å²) in [6, 6.07) is 7.75. The summed E-state index contributed by atoms with van der Waals surface area (Å²) < 4.78 is 4.92. The highest BCUT2D eigenvalue weighted by atomic mass is 35.5. The lowest BCUT2D eigenvalue weighted by Crippen LogP contribution is -2.43. The third-order valence-corrected chi connectivity index (χ3v) is 4.94. The summed E-state index contributed by atoms with van der Waals surface area (Å²) in [7, 11) is 3.55. The molecular formula is C14H18ClNO2S. The van der Waals surface area contributed by atoms with Gasteiger partial charge in [0.25, 0.3) is 0 Å². The van der Waals surface area contributed by atoms with E-state index in [9.17, 15) is 4.79 Å². The first-order valence-electron chi connectivity index (χ1n) is 6.28. The summed E-state index contributed by atoms with van der Waals surface area (Å²) in [6.45, 7) is 1.84. The molecule has 0 amide bonds. The van der Waals surface area contributed by atoms with Gasteiger partial charge in [0.1, 0.15) is 0 Å². The van der Waals surface area contributed by atoms with E-state index >= 15 is 0 Å². The van der Waals surface area contributed by atoms with E-state index in [1.54, 1.807) is 11.8 Å². The average Bonchev–Trinajstić information content (AvgIpc) is 2.41. The Morgan fingerprint density at radius 1 is 1.42 bits per heavy atom. The van der Waals surface area contributed by atoms with E-state index in [4.69, 9.17) is 16.3 Å². The van der Waals surface area contributed by atoms with Crippen molar-refractivity contribution < 1.29 is 9.53 Å². The number of hydrogen-bond donors (Lipinski definition) is 0. The Kier molecular flexibility index (Phi) is 5.13. The van der Waals surface area contributed by atoms with Crippen LogP contribution in [0.25, 0.3) is 0 Å². The first-order valence-corrected chi connectivity index (χ1v) is 7.54. The SMILES string of the molecule is COC(=O)[C@H]1CCN(C)C[C@H]1Sc1ccc(Cl)cc1. The van der Waals surface area contributed by atoms with Crippen LogP contribution in [0.15, 0.2) is 29.2 Å². The molecule has 0 radical (unpaired) electrons. The minimum absolute atomic E-state index is 0.0260. The zero-order valence-electron chi connectivity index (χ0n) is 11.1. The van der Waals surface area contributed by atoms with Crippen molar-refractivity contribution in [3.63, 3.8) is 0 Å². The molecule has 5 heteroatoms. The maximum Gasteiger partial charge on any atom is 0.309 e. The van der Waals surface area contributed by atoms with E-state index < -0.39 is 0 Å². The van der Waals surface area contributed by atoms with E-state index in [-0.39, 0.29) is 17.1 Å². The van der Waals surface area contributed by atoms with Crippen LogP contribution in [0.1, 0.15) is 6.42 Å². The summed E-state index contributed by atoms with van der Waals surface area (Å²) in [5, 5.41) is 0.960. The predicted molar refractivity (Wildman–Crippen MR) is 78.7 cm³/mol. The molecule has 104 valence electrons. The normalized spacial score (nSPS) is 24.2. The fourth-order valence-electron chi connectivity index (χ4n) is 2.30. The van der Waals surface area contributed by atoms with Gasteiger partial charge in [0.05, 0.1) is 13.0 Å². The van der Waals surface area contributed by atoms with Crippen LogP contribution in [-0.2, 0) is 9.53 Å². The minimum Gasteiger partial charge on any atom is -0.469 e. The average molecular weight is 300 g/mol. The summed E-state index contributed by atoms with van der Waals surface area (Å²) in [5.41, 5.74) is 0. The molecule has 0 unspecified atom stereocenters. The number of thioether (sulfide) groups is 1. The maximum absolute atomic E-state index is 11.9. The van der Waals surface area contributed by atoms with Crippen LogP contribution < -0.4 is 0 Å². The molecule has 0 saturated carbocycles. The van der Waals surface area contributed by atoms with Gasteiger partial charge < -0.3 is 9.64 Å². The molecule has 1 aromatic carbocycles. The number of methoxy groups -OCH3 is 1. The molecule has 1 saturated heterocycles. The maximum atomic E-state index is 11.9. The highest BCUT2D eigenvalue weighted by Gasteiger charge is 2.34. The third-order valence-electron chi connectivity index (χ3n) is 3.37. The standard InChI is InChI=1S/C14H18ClNO2S/c1-16-8-7-12(14(17)18-2)13(9-16)19-11-5-3-10(15)4-6-11/h3-6,12-13H,7-9H2,1-2H3/t12-,13+/m0/s1. The van der Waals surface area contributed by atoms with Crippen molar-refractivity contribution in [1.82, 2.24) is 4.90 Å². The number of likely N-dealkylation sites (tertiary alicyclic amines) is 1. The lowest BCUT2D eigenvalue weighted by molar-refractivity contribution is -0.146. The van der Waals surface area contributed by atoms with Crippen molar-refractivity contribution in [1.29, 1.82) is 0 Å². The van der Waals surface area contributed by atoms with Crippen LogP contribution >= 0.6 is 23.4 Å². The molecule has 2 rings (SSSR count). The topological polar surface area (TPSA) is 29.5 Å². The second-order valence-corrected chi connectivity index (χ2v) is 6.54. The Morgan fingerprint density at radius 2 is 2.11 bits per heavy atom. The van der Waals surface area contributed by atoms with Crippen molar-refractivity contribution in [2.75, 3.05) is 27.2 Å². The highest BCUT2D eigenvalue weighted by molar-refractivity contribution is 8.00. The minimum atomic E-state index is -0.0976. The number of ether oxygens (including phenoxy) is 1. The highest BCUT2D eigenvalue weighted by Crippen LogP contribution is 2.34. The third kappa shape index (κ3) is 3.88. The van der Waals surface area contributed by atoms with Crippen LogP contribution in [0.3, 0.4) is 0 Å². The molecule has 2 atom stereocenters. The monoisotopic (exact) mass is 299 g/mol. The van der Waals surface area contributed by atoms with Gasteiger partial charge in [-0.2, -0.15) is 0 Å². The van der Waals surface area contributed by atoms with Crippen LogP contribution in [0.2, 0.25) is 5.02 Å². The summed E-state index contributed by atoms with van der Waals surface area (Å²) in [5.74, 6) is -0.124. The van der Waals surface area contributed by atoms with Crippen molar-refractivity contribution in [3.05, 3.63) is 29.3 Å². The van der Waals surface area contributed by atoms with Crippen molar-refractivity contribution >= 4 is 29.3 Å². The first-order chi connectivity index (χ1) is 9.10. The smallest absolute Gasteiger partial charge is 0.309 e. The molecular weight excluding hydrogens is 282 g/mol. The zero-order valence-corrected chi connectivity index (χ0v) is 12.7. The van der Waals surface area contributed by atoms with Crippen LogP contribution in [0, 0.1) is 5.92 Å². The van der Waals surface area contributed by atoms with Gasteiger partial charge in [0, 0.05) is 21.7 Å². The van der Waals surface area contributed by atoms with Gasteiger partial charge in [0.2, 0.25) is 0 Å². The lowest BCUT2D eigenvalue weighted by Gasteiger charge is -2.34. The molecule has 3 nitrogen and oxygen atoms in total. The Labute approximate surface area is 123 Å². The van der Waals surface area contributed by atoms with Crippen molar-refractivity contribution in [2.45, 2.75) is 16.6 Å². The van der Waals surface area contributed by atoms with E-state index in [1.807, 2.05) is 24.3 Å². The molecule has 0 N–H and O–H groups in total. The predicted octanol–water partition coefficient (Wildman–Crippen LogP) is 2.93. The van der Waals surface area contributed by atoms with Gasteiger partial charge in [-0.05, 0) is 44.3 Å².